The highest BCUT2D eigenvalue weighted by molar-refractivity contribution is 5.76. The fraction of sp³-hybridized carbons (Fsp3) is 0.333. The van der Waals surface area contributed by atoms with Gasteiger partial charge in [0, 0.05) is 19.3 Å². The smallest absolute Gasteiger partial charge is 0.244 e. The molecule has 2 aromatic rings. The van der Waals surface area contributed by atoms with Crippen molar-refractivity contribution in [2.75, 3.05) is 18.8 Å². The number of carbonyl (C=O) groups excluding carboxylic acids is 1. The molecule has 20 heavy (non-hydrogen) atoms. The van der Waals surface area contributed by atoms with E-state index >= 15 is 0 Å². The van der Waals surface area contributed by atoms with Gasteiger partial charge in [-0.3, -0.25) is 9.48 Å². The number of hydrogen-bond donors (Lipinski definition) is 1. The van der Waals surface area contributed by atoms with Gasteiger partial charge in [0.25, 0.3) is 0 Å². The van der Waals surface area contributed by atoms with Crippen LogP contribution in [0.2, 0.25) is 0 Å². The largest absolute Gasteiger partial charge is 0.396 e. The number of hydrogen-bond acceptors (Lipinski definition) is 3. The minimum atomic E-state index is 0.0616. The van der Waals surface area contributed by atoms with Crippen molar-refractivity contribution in [2.45, 2.75) is 19.9 Å². The van der Waals surface area contributed by atoms with E-state index in [1.807, 2.05) is 30.0 Å². The predicted molar refractivity (Wildman–Crippen MR) is 79.0 cm³/mol. The van der Waals surface area contributed by atoms with Gasteiger partial charge in [0.15, 0.2) is 0 Å². The lowest BCUT2D eigenvalue weighted by atomic mass is 10.1. The maximum absolute atomic E-state index is 12.2. The van der Waals surface area contributed by atoms with E-state index in [-0.39, 0.29) is 12.5 Å². The van der Waals surface area contributed by atoms with Gasteiger partial charge in [-0.1, -0.05) is 30.3 Å². The lowest BCUT2D eigenvalue weighted by Crippen LogP contribution is -2.35. The Bertz CT molecular complexity index is 550. The number of amides is 1. The summed E-state index contributed by atoms with van der Waals surface area (Å²) in [5.74, 6) is 0.0616. The summed E-state index contributed by atoms with van der Waals surface area (Å²) >= 11 is 0. The zero-order chi connectivity index (χ0) is 14.4. The van der Waals surface area contributed by atoms with E-state index in [9.17, 15) is 4.79 Å². The van der Waals surface area contributed by atoms with E-state index in [0.717, 1.165) is 13.0 Å². The molecule has 5 heteroatoms. The summed E-state index contributed by atoms with van der Waals surface area (Å²) < 4.78 is 1.57. The quantitative estimate of drug-likeness (QED) is 0.868. The Morgan fingerprint density at radius 2 is 2.10 bits per heavy atom. The molecule has 0 spiro atoms. The molecule has 1 heterocycles. The number of carbonyl (C=O) groups is 1. The summed E-state index contributed by atoms with van der Waals surface area (Å²) in [6.07, 6.45) is 4.08. The summed E-state index contributed by atoms with van der Waals surface area (Å²) in [6.45, 7) is 3.64. The Labute approximate surface area is 119 Å². The molecule has 1 amide bonds. The Balaban J connectivity index is 1.89. The van der Waals surface area contributed by atoms with Crippen LogP contribution in [-0.2, 0) is 17.8 Å². The first-order chi connectivity index (χ1) is 9.69. The zero-order valence-corrected chi connectivity index (χ0v) is 11.7. The molecule has 0 fully saturated rings. The van der Waals surface area contributed by atoms with E-state index in [2.05, 4.69) is 17.2 Å². The van der Waals surface area contributed by atoms with Gasteiger partial charge in [-0.2, -0.15) is 5.10 Å². The maximum Gasteiger partial charge on any atom is 0.244 e. The Morgan fingerprint density at radius 1 is 1.35 bits per heavy atom. The van der Waals surface area contributed by atoms with Crippen LogP contribution in [0.15, 0.2) is 42.7 Å². The van der Waals surface area contributed by atoms with Crippen molar-refractivity contribution >= 4 is 11.6 Å². The maximum atomic E-state index is 12.2. The van der Waals surface area contributed by atoms with E-state index in [1.54, 1.807) is 17.1 Å². The number of nitrogen functional groups attached to an aromatic ring is 1. The molecule has 106 valence electrons. The van der Waals surface area contributed by atoms with Crippen molar-refractivity contribution in [3.8, 4) is 0 Å². The highest BCUT2D eigenvalue weighted by Gasteiger charge is 2.12. The monoisotopic (exact) mass is 272 g/mol. The lowest BCUT2D eigenvalue weighted by molar-refractivity contribution is -0.131. The normalized spacial score (nSPS) is 10.4. The van der Waals surface area contributed by atoms with Gasteiger partial charge in [-0.05, 0) is 18.9 Å². The molecule has 0 saturated carbocycles. The van der Waals surface area contributed by atoms with Crippen molar-refractivity contribution in [3.05, 3.63) is 48.3 Å². The van der Waals surface area contributed by atoms with Crippen LogP contribution in [0.4, 0.5) is 5.69 Å². The van der Waals surface area contributed by atoms with E-state index < -0.39 is 0 Å². The second kappa shape index (κ2) is 6.75. The van der Waals surface area contributed by atoms with Gasteiger partial charge >= 0.3 is 0 Å². The molecule has 1 aromatic carbocycles. The number of nitrogens with zero attached hydrogens (tertiary/aromatic N) is 3. The van der Waals surface area contributed by atoms with Crippen molar-refractivity contribution < 1.29 is 4.79 Å². The van der Waals surface area contributed by atoms with Crippen LogP contribution in [0.5, 0.6) is 0 Å². The molecule has 0 aliphatic rings. The zero-order valence-electron chi connectivity index (χ0n) is 11.7. The first-order valence-corrected chi connectivity index (χ1v) is 6.78. The van der Waals surface area contributed by atoms with Gasteiger partial charge in [0.2, 0.25) is 5.91 Å². The average Bonchev–Trinajstić information content (AvgIpc) is 2.86. The van der Waals surface area contributed by atoms with Crippen molar-refractivity contribution in [2.24, 2.45) is 0 Å². The standard InChI is InChI=1S/C15H20N4O/c1-2-18(9-8-13-6-4-3-5-7-13)15(20)12-19-11-14(16)10-17-19/h3-7,10-11H,2,8-9,12,16H2,1H3. The number of nitrogens with two attached hydrogens (primary N) is 1. The van der Waals surface area contributed by atoms with E-state index in [4.69, 9.17) is 5.73 Å². The van der Waals surface area contributed by atoms with Crippen LogP contribution in [-0.4, -0.2) is 33.7 Å². The minimum Gasteiger partial charge on any atom is -0.396 e. The molecule has 0 aliphatic heterocycles. The third-order valence-electron chi connectivity index (χ3n) is 3.20. The minimum absolute atomic E-state index is 0.0616. The summed E-state index contributed by atoms with van der Waals surface area (Å²) in [5, 5.41) is 4.03. The van der Waals surface area contributed by atoms with Crippen LogP contribution < -0.4 is 5.73 Å². The molecule has 0 saturated heterocycles. The summed E-state index contributed by atoms with van der Waals surface area (Å²) in [4.78, 5) is 14.0. The number of aromatic nitrogens is 2. The number of anilines is 1. The van der Waals surface area contributed by atoms with Gasteiger partial charge in [-0.25, -0.2) is 0 Å². The van der Waals surface area contributed by atoms with Crippen LogP contribution in [0.25, 0.3) is 0 Å². The van der Waals surface area contributed by atoms with Gasteiger partial charge in [-0.15, -0.1) is 0 Å². The molecule has 5 nitrogen and oxygen atoms in total. The number of benzene rings is 1. The van der Waals surface area contributed by atoms with E-state index in [0.29, 0.717) is 12.2 Å². The summed E-state index contributed by atoms with van der Waals surface area (Å²) in [7, 11) is 0. The first-order valence-electron chi connectivity index (χ1n) is 6.78. The predicted octanol–water partition coefficient (Wildman–Crippen LogP) is 1.56. The third-order valence-corrected chi connectivity index (χ3v) is 3.20. The van der Waals surface area contributed by atoms with Crippen LogP contribution in [0.1, 0.15) is 12.5 Å². The summed E-state index contributed by atoms with van der Waals surface area (Å²) in [6, 6.07) is 10.2. The highest BCUT2D eigenvalue weighted by atomic mass is 16.2. The Hall–Kier alpha value is -2.30. The Morgan fingerprint density at radius 3 is 2.70 bits per heavy atom. The second-order valence-electron chi connectivity index (χ2n) is 4.68. The lowest BCUT2D eigenvalue weighted by Gasteiger charge is -2.20. The molecule has 0 unspecified atom stereocenters. The SMILES string of the molecule is CCN(CCc1ccccc1)C(=O)Cn1cc(N)cn1. The van der Waals surface area contributed by atoms with Crippen molar-refractivity contribution in [3.63, 3.8) is 0 Å². The molecule has 2 N–H and O–H groups in total. The van der Waals surface area contributed by atoms with Crippen LogP contribution >= 0.6 is 0 Å². The fourth-order valence-corrected chi connectivity index (χ4v) is 2.07. The first kappa shape index (κ1) is 14.1. The van der Waals surface area contributed by atoms with Gasteiger partial charge < -0.3 is 10.6 Å². The molecule has 0 atom stereocenters. The summed E-state index contributed by atoms with van der Waals surface area (Å²) in [5.41, 5.74) is 7.40. The van der Waals surface area contributed by atoms with Gasteiger partial charge in [0.05, 0.1) is 11.9 Å². The average molecular weight is 272 g/mol. The molecule has 2 rings (SSSR count). The molecule has 0 aliphatic carbocycles. The van der Waals surface area contributed by atoms with Crippen LogP contribution in [0, 0.1) is 0 Å². The van der Waals surface area contributed by atoms with Crippen molar-refractivity contribution in [1.82, 2.24) is 14.7 Å². The Kier molecular flexibility index (Phi) is 4.76. The van der Waals surface area contributed by atoms with E-state index in [1.165, 1.54) is 5.56 Å². The topological polar surface area (TPSA) is 64.2 Å². The second-order valence-corrected chi connectivity index (χ2v) is 4.68. The van der Waals surface area contributed by atoms with Gasteiger partial charge in [0.1, 0.15) is 6.54 Å². The molecule has 0 bridgehead atoms. The fourth-order valence-electron chi connectivity index (χ4n) is 2.07. The highest BCUT2D eigenvalue weighted by Crippen LogP contribution is 2.03. The third kappa shape index (κ3) is 3.85. The molecular weight excluding hydrogens is 252 g/mol. The molecule has 0 radical (unpaired) electrons. The molecular formula is C15H20N4O. The molecule has 1 aromatic heterocycles. The van der Waals surface area contributed by atoms with Crippen molar-refractivity contribution in [1.29, 1.82) is 0 Å². The number of likely N-dealkylation sites (N-methyl/N-ethyl adjacent to an activating group) is 1. The number of rotatable bonds is 6. The van der Waals surface area contributed by atoms with Crippen LogP contribution in [0.3, 0.4) is 0 Å².